The second kappa shape index (κ2) is 9.21. The highest BCUT2D eigenvalue weighted by atomic mass is 16.7. The van der Waals surface area contributed by atoms with E-state index in [9.17, 15) is 19.5 Å². The number of Topliss-reactive ketones (excluding diaryl/α,β-unsaturated/α-hetero) is 2. The molecule has 6 rings (SSSR count). The maximum atomic E-state index is 14.3. The predicted octanol–water partition coefficient (Wildman–Crippen LogP) is 5.12. The number of ether oxygens (including phenoxy) is 2. The zero-order chi connectivity index (χ0) is 27.0. The van der Waals surface area contributed by atoms with Crippen molar-refractivity contribution >= 4 is 17.3 Å². The van der Waals surface area contributed by atoms with Crippen LogP contribution in [0.4, 0.5) is 0 Å². The molecule has 5 fully saturated rings. The summed E-state index contributed by atoms with van der Waals surface area (Å²) in [7, 11) is 0. The maximum absolute atomic E-state index is 14.3. The minimum Gasteiger partial charge on any atom is -0.393 e. The predicted molar refractivity (Wildman–Crippen MR) is 142 cm³/mol. The molecule has 0 spiro atoms. The Labute approximate surface area is 226 Å². The van der Waals surface area contributed by atoms with E-state index < -0.39 is 29.5 Å². The van der Waals surface area contributed by atoms with E-state index >= 15 is 0 Å². The molecule has 4 saturated carbocycles. The van der Waals surface area contributed by atoms with Crippen molar-refractivity contribution in [3.63, 3.8) is 0 Å². The lowest BCUT2D eigenvalue weighted by Crippen LogP contribution is -2.63. The molecule has 38 heavy (non-hydrogen) atoms. The molecule has 0 bridgehead atoms. The molecule has 0 aromatic rings. The molecule has 0 aromatic heterocycles. The van der Waals surface area contributed by atoms with E-state index in [-0.39, 0.29) is 58.8 Å². The van der Waals surface area contributed by atoms with Crippen molar-refractivity contribution in [2.75, 3.05) is 0 Å². The number of hydrogen-bond acceptors (Lipinski definition) is 6. The van der Waals surface area contributed by atoms with Gasteiger partial charge in [-0.25, -0.2) is 0 Å². The molecule has 5 aliphatic carbocycles. The Morgan fingerprint density at radius 2 is 1.87 bits per heavy atom. The monoisotopic (exact) mass is 524 g/mol. The maximum Gasteiger partial charge on any atom is 0.178 e. The van der Waals surface area contributed by atoms with E-state index in [0.29, 0.717) is 12.8 Å². The summed E-state index contributed by atoms with van der Waals surface area (Å²) in [5, 5.41) is 11.9. The van der Waals surface area contributed by atoms with Gasteiger partial charge in [0, 0.05) is 28.6 Å². The minimum absolute atomic E-state index is 0.0244. The Bertz CT molecular complexity index is 1080. The van der Waals surface area contributed by atoms with Crippen LogP contribution < -0.4 is 0 Å². The van der Waals surface area contributed by atoms with Crippen LogP contribution in [0.5, 0.6) is 0 Å². The van der Waals surface area contributed by atoms with Crippen LogP contribution in [0.15, 0.2) is 23.8 Å². The van der Waals surface area contributed by atoms with Crippen LogP contribution in [0.2, 0.25) is 0 Å². The Morgan fingerprint density at radius 1 is 1.13 bits per heavy atom. The molecule has 1 N–H and O–H groups in total. The first-order chi connectivity index (χ1) is 18.0. The van der Waals surface area contributed by atoms with Crippen LogP contribution in [0.1, 0.15) is 91.9 Å². The first-order valence-corrected chi connectivity index (χ1v) is 15.0. The van der Waals surface area contributed by atoms with E-state index in [1.165, 1.54) is 6.42 Å². The summed E-state index contributed by atoms with van der Waals surface area (Å²) in [4.78, 5) is 39.3. The van der Waals surface area contributed by atoms with Gasteiger partial charge >= 0.3 is 0 Å². The molecule has 1 heterocycles. The Kier molecular flexibility index (Phi) is 6.44. The molecular formula is C32H44O6. The van der Waals surface area contributed by atoms with E-state index in [2.05, 4.69) is 13.8 Å². The molecule has 6 heteroatoms. The first kappa shape index (κ1) is 26.6. The summed E-state index contributed by atoms with van der Waals surface area (Å²) in [5.74, 6) is 0.150. The molecular weight excluding hydrogens is 480 g/mol. The van der Waals surface area contributed by atoms with Crippen molar-refractivity contribution in [2.45, 2.75) is 116 Å². The normalized spacial score (nSPS) is 46.3. The summed E-state index contributed by atoms with van der Waals surface area (Å²) < 4.78 is 13.6. The molecule has 0 amide bonds. The van der Waals surface area contributed by atoms with Crippen molar-refractivity contribution in [1.82, 2.24) is 0 Å². The standard InChI is InChI=1S/C32H44O6/c1-18(2)24(34)16-26(36)32-27(37-29(38-32)19-8-6-5-7-9-19)15-23-22-11-10-20-14-21(33)12-13-30(20,3)28(22)25(35)17-31(23,32)4/h12-14,18-19,22-23,25,27-29,35H,5-11,15-17H2,1-4H3. The van der Waals surface area contributed by atoms with Crippen molar-refractivity contribution in [2.24, 2.45) is 40.4 Å². The Hall–Kier alpha value is -1.63. The highest BCUT2D eigenvalue weighted by Gasteiger charge is 2.76. The van der Waals surface area contributed by atoms with Crippen LogP contribution in [0.25, 0.3) is 0 Å². The molecule has 6 aliphatic rings. The van der Waals surface area contributed by atoms with E-state index in [0.717, 1.165) is 44.1 Å². The molecule has 0 radical (unpaired) electrons. The lowest BCUT2D eigenvalue weighted by Gasteiger charge is -2.59. The molecule has 0 aromatic carbocycles. The second-order valence-electron chi connectivity index (χ2n) is 13.9. The molecule has 1 saturated heterocycles. The first-order valence-electron chi connectivity index (χ1n) is 15.0. The minimum atomic E-state index is -1.20. The van der Waals surface area contributed by atoms with Gasteiger partial charge in [0.1, 0.15) is 5.78 Å². The lowest BCUT2D eigenvalue weighted by molar-refractivity contribution is -0.208. The van der Waals surface area contributed by atoms with Gasteiger partial charge < -0.3 is 14.6 Å². The van der Waals surface area contributed by atoms with Gasteiger partial charge in [-0.05, 0) is 62.5 Å². The number of hydrogen-bond donors (Lipinski definition) is 1. The number of aliphatic hydroxyl groups is 1. The zero-order valence-corrected chi connectivity index (χ0v) is 23.4. The fraction of sp³-hybridized carbons (Fsp3) is 0.781. The molecule has 9 unspecified atom stereocenters. The van der Waals surface area contributed by atoms with Gasteiger partial charge in [-0.2, -0.15) is 0 Å². The third kappa shape index (κ3) is 3.65. The fourth-order valence-electron chi connectivity index (χ4n) is 9.70. The topological polar surface area (TPSA) is 89.9 Å². The van der Waals surface area contributed by atoms with Gasteiger partial charge in [-0.15, -0.1) is 0 Å². The Balaban J connectivity index is 1.38. The van der Waals surface area contributed by atoms with Crippen molar-refractivity contribution in [3.05, 3.63) is 23.8 Å². The van der Waals surface area contributed by atoms with E-state index in [1.54, 1.807) is 12.2 Å². The van der Waals surface area contributed by atoms with Gasteiger partial charge in [0.25, 0.3) is 0 Å². The summed E-state index contributed by atoms with van der Waals surface area (Å²) >= 11 is 0. The summed E-state index contributed by atoms with van der Waals surface area (Å²) in [5.41, 5.74) is -1.08. The molecule has 9 atom stereocenters. The second-order valence-corrected chi connectivity index (χ2v) is 13.9. The van der Waals surface area contributed by atoms with Gasteiger partial charge in [0.05, 0.1) is 18.6 Å². The number of rotatable bonds is 5. The van der Waals surface area contributed by atoms with Gasteiger partial charge in [0.2, 0.25) is 0 Å². The third-order valence-electron chi connectivity index (χ3n) is 11.7. The van der Waals surface area contributed by atoms with Crippen molar-refractivity contribution in [3.8, 4) is 0 Å². The number of aliphatic hydroxyl groups excluding tert-OH is 1. The summed E-state index contributed by atoms with van der Waals surface area (Å²) in [6.45, 7) is 7.97. The quantitative estimate of drug-likeness (QED) is 0.502. The lowest BCUT2D eigenvalue weighted by atomic mass is 9.46. The van der Waals surface area contributed by atoms with Crippen molar-refractivity contribution in [1.29, 1.82) is 0 Å². The third-order valence-corrected chi connectivity index (χ3v) is 11.7. The SMILES string of the molecule is CC(C)C(=O)CC(=O)C12OC(C3CCCCC3)OC1CC1C3CCC4=CC(=O)C=CC4(C)C3C(O)CC12C. The summed E-state index contributed by atoms with van der Waals surface area (Å²) in [6, 6.07) is 0. The number of carbonyl (C=O) groups is 3. The summed E-state index contributed by atoms with van der Waals surface area (Å²) in [6.07, 6.45) is 12.3. The van der Waals surface area contributed by atoms with Gasteiger partial charge in [-0.1, -0.05) is 58.6 Å². The van der Waals surface area contributed by atoms with Crippen LogP contribution >= 0.6 is 0 Å². The van der Waals surface area contributed by atoms with Crippen LogP contribution in [0, 0.1) is 40.4 Å². The number of carbonyl (C=O) groups excluding carboxylic acids is 3. The fourth-order valence-corrected chi connectivity index (χ4v) is 9.70. The molecule has 6 nitrogen and oxygen atoms in total. The van der Waals surface area contributed by atoms with E-state index in [1.807, 2.05) is 19.9 Å². The largest absolute Gasteiger partial charge is 0.393 e. The Morgan fingerprint density at radius 3 is 2.58 bits per heavy atom. The number of ketones is 3. The van der Waals surface area contributed by atoms with Gasteiger partial charge in [0.15, 0.2) is 23.5 Å². The highest BCUT2D eigenvalue weighted by molar-refractivity contribution is 6.05. The zero-order valence-electron chi connectivity index (χ0n) is 23.4. The highest BCUT2D eigenvalue weighted by Crippen LogP contribution is 2.70. The molecule has 1 aliphatic heterocycles. The van der Waals surface area contributed by atoms with Crippen molar-refractivity contribution < 1.29 is 29.0 Å². The van der Waals surface area contributed by atoms with Crippen LogP contribution in [-0.4, -0.2) is 46.6 Å². The average molecular weight is 525 g/mol. The van der Waals surface area contributed by atoms with E-state index in [4.69, 9.17) is 9.47 Å². The molecule has 208 valence electrons. The average Bonchev–Trinajstić information content (AvgIpc) is 3.38. The number of allylic oxidation sites excluding steroid dienone is 4. The smallest absolute Gasteiger partial charge is 0.178 e. The number of fused-ring (bicyclic) bond motifs is 7. The van der Waals surface area contributed by atoms with Crippen LogP contribution in [-0.2, 0) is 23.9 Å². The van der Waals surface area contributed by atoms with Gasteiger partial charge in [-0.3, -0.25) is 14.4 Å². The van der Waals surface area contributed by atoms with Crippen LogP contribution in [0.3, 0.4) is 0 Å².